The summed E-state index contributed by atoms with van der Waals surface area (Å²) in [5.41, 5.74) is 0.849. The largest absolute Gasteiger partial charge is 0.459 e. The van der Waals surface area contributed by atoms with E-state index in [4.69, 9.17) is 9.47 Å². The Morgan fingerprint density at radius 3 is 2.56 bits per heavy atom. The molecule has 5 rings (SSSR count). The number of ether oxygens (including phenoxy) is 2. The first kappa shape index (κ1) is 17.2. The molecule has 1 aromatic heterocycles. The molecule has 3 aliphatic rings. The van der Waals surface area contributed by atoms with Gasteiger partial charge in [0.15, 0.2) is 0 Å². The highest BCUT2D eigenvalue weighted by Gasteiger charge is 2.39. The van der Waals surface area contributed by atoms with Crippen LogP contribution in [-0.4, -0.2) is 55.0 Å². The fourth-order valence-electron chi connectivity index (χ4n) is 4.15. The van der Waals surface area contributed by atoms with Crippen LogP contribution in [0.15, 0.2) is 30.5 Å². The van der Waals surface area contributed by atoms with E-state index in [9.17, 15) is 13.2 Å². The number of rotatable bonds is 4. The topological polar surface area (TPSA) is 86.6 Å². The van der Waals surface area contributed by atoms with Gasteiger partial charge >= 0.3 is 5.97 Å². The molecule has 144 valence electrons. The molecule has 0 amide bonds. The van der Waals surface area contributed by atoms with E-state index in [1.165, 1.54) is 10.2 Å². The number of nitrogens with zero attached hydrogens (tertiary/aromatic N) is 1. The summed E-state index contributed by atoms with van der Waals surface area (Å²) < 4.78 is 38.1. The third-order valence-electron chi connectivity index (χ3n) is 5.60. The molecule has 2 bridgehead atoms. The molecule has 1 N–H and O–H groups in total. The standard InChI is InChI=1S/C19H22N2O5S/c22-19(26-14-7-12-10-25-11-13(8-14)20-12)17-9-21(27(23,24)15-5-6-15)18-4-2-1-3-16(17)18/h1-4,9,12-15,20H,5-8,10-11H2/t12-,13+,14?. The smallest absolute Gasteiger partial charge is 0.340 e. The van der Waals surface area contributed by atoms with E-state index in [2.05, 4.69) is 5.32 Å². The Labute approximate surface area is 157 Å². The van der Waals surface area contributed by atoms with Crippen LogP contribution in [-0.2, 0) is 19.5 Å². The van der Waals surface area contributed by atoms with Gasteiger partial charge in [-0.25, -0.2) is 17.2 Å². The maximum atomic E-state index is 12.9. The molecule has 1 aliphatic carbocycles. The monoisotopic (exact) mass is 390 g/mol. The van der Waals surface area contributed by atoms with Crippen LogP contribution in [0.2, 0.25) is 0 Å². The second kappa shape index (κ2) is 6.32. The number of morpholine rings is 1. The van der Waals surface area contributed by atoms with Crippen molar-refractivity contribution in [2.75, 3.05) is 13.2 Å². The van der Waals surface area contributed by atoms with Gasteiger partial charge in [0, 0.05) is 36.5 Å². The van der Waals surface area contributed by atoms with Gasteiger partial charge in [0.25, 0.3) is 0 Å². The zero-order valence-corrected chi connectivity index (χ0v) is 15.7. The normalized spacial score (nSPS) is 28.2. The summed E-state index contributed by atoms with van der Waals surface area (Å²) in [6, 6.07) is 7.50. The summed E-state index contributed by atoms with van der Waals surface area (Å²) in [5.74, 6) is -0.457. The SMILES string of the molecule is O=C(OC1C[C@H]2COC[C@@H](C1)N2)c1cn(S(=O)(=O)C2CC2)c2ccccc12. The number of piperidine rings is 1. The molecule has 1 aromatic carbocycles. The summed E-state index contributed by atoms with van der Waals surface area (Å²) in [4.78, 5) is 12.9. The number of esters is 1. The van der Waals surface area contributed by atoms with Crippen LogP contribution in [0.3, 0.4) is 0 Å². The average Bonchev–Trinajstić information content (AvgIpc) is 3.42. The number of nitrogens with one attached hydrogen (secondary N) is 1. The highest BCUT2D eigenvalue weighted by Crippen LogP contribution is 2.34. The molecule has 2 aliphatic heterocycles. The number of hydrogen-bond donors (Lipinski definition) is 1. The minimum atomic E-state index is -3.47. The molecule has 27 heavy (non-hydrogen) atoms. The molecular formula is C19H22N2O5S. The van der Waals surface area contributed by atoms with E-state index in [1.54, 1.807) is 24.3 Å². The average molecular weight is 390 g/mol. The number of hydrogen-bond acceptors (Lipinski definition) is 6. The molecule has 0 spiro atoms. The van der Waals surface area contributed by atoms with Gasteiger partial charge in [-0.1, -0.05) is 18.2 Å². The van der Waals surface area contributed by atoms with Crippen molar-refractivity contribution >= 4 is 26.9 Å². The fourth-order valence-corrected chi connectivity index (χ4v) is 5.88. The molecule has 7 nitrogen and oxygen atoms in total. The number of para-hydroxylation sites is 1. The second-order valence-electron chi connectivity index (χ2n) is 7.70. The van der Waals surface area contributed by atoms with Crippen molar-refractivity contribution in [2.45, 2.75) is 49.1 Å². The van der Waals surface area contributed by atoms with Gasteiger partial charge in [0.1, 0.15) is 6.10 Å². The quantitative estimate of drug-likeness (QED) is 0.799. The van der Waals surface area contributed by atoms with E-state index in [1.807, 2.05) is 0 Å². The summed E-state index contributed by atoms with van der Waals surface area (Å²) in [6.45, 7) is 1.26. The summed E-state index contributed by atoms with van der Waals surface area (Å²) in [6.07, 6.45) is 4.02. The molecular weight excluding hydrogens is 368 g/mol. The number of benzene rings is 1. The van der Waals surface area contributed by atoms with E-state index in [0.29, 0.717) is 55.4 Å². The fraction of sp³-hybridized carbons (Fsp3) is 0.526. The summed E-state index contributed by atoms with van der Waals surface area (Å²) >= 11 is 0. The molecule has 1 saturated carbocycles. The Morgan fingerprint density at radius 2 is 1.85 bits per heavy atom. The van der Waals surface area contributed by atoms with Crippen LogP contribution < -0.4 is 5.32 Å². The number of carbonyl (C=O) groups excluding carboxylic acids is 1. The molecule has 3 fully saturated rings. The van der Waals surface area contributed by atoms with Crippen LogP contribution in [0.25, 0.3) is 10.9 Å². The Kier molecular flexibility index (Phi) is 4.03. The number of fused-ring (bicyclic) bond motifs is 3. The van der Waals surface area contributed by atoms with Gasteiger partial charge in [-0.2, -0.15) is 0 Å². The van der Waals surface area contributed by atoms with Crippen molar-refractivity contribution in [3.8, 4) is 0 Å². The lowest BCUT2D eigenvalue weighted by Gasteiger charge is -2.39. The van der Waals surface area contributed by atoms with Crippen molar-refractivity contribution in [1.82, 2.24) is 9.29 Å². The molecule has 2 saturated heterocycles. The molecule has 0 radical (unpaired) electrons. The first-order valence-electron chi connectivity index (χ1n) is 9.41. The van der Waals surface area contributed by atoms with Crippen molar-refractivity contribution in [1.29, 1.82) is 0 Å². The Morgan fingerprint density at radius 1 is 1.15 bits per heavy atom. The van der Waals surface area contributed by atoms with Crippen LogP contribution in [0.4, 0.5) is 0 Å². The summed E-state index contributed by atoms with van der Waals surface area (Å²) in [7, 11) is -3.47. The third-order valence-corrected chi connectivity index (χ3v) is 7.76. The van der Waals surface area contributed by atoms with Crippen LogP contribution in [0.1, 0.15) is 36.0 Å². The third kappa shape index (κ3) is 3.05. The van der Waals surface area contributed by atoms with Crippen LogP contribution >= 0.6 is 0 Å². The lowest BCUT2D eigenvalue weighted by Crippen LogP contribution is -2.56. The minimum Gasteiger partial charge on any atom is -0.459 e. The molecule has 2 aromatic rings. The van der Waals surface area contributed by atoms with Gasteiger partial charge < -0.3 is 14.8 Å². The second-order valence-corrected chi connectivity index (χ2v) is 9.79. The summed E-state index contributed by atoms with van der Waals surface area (Å²) in [5, 5.41) is 3.74. The van der Waals surface area contributed by atoms with E-state index in [-0.39, 0.29) is 23.4 Å². The Balaban J connectivity index is 1.45. The van der Waals surface area contributed by atoms with E-state index in [0.717, 1.165) is 0 Å². The maximum absolute atomic E-state index is 12.9. The lowest BCUT2D eigenvalue weighted by atomic mass is 9.94. The predicted octanol–water partition coefficient (Wildman–Crippen LogP) is 1.66. The van der Waals surface area contributed by atoms with Crippen molar-refractivity contribution < 1.29 is 22.7 Å². The Bertz CT molecular complexity index is 983. The Hall–Kier alpha value is -1.90. The van der Waals surface area contributed by atoms with Gasteiger partial charge in [-0.15, -0.1) is 0 Å². The molecule has 8 heteroatoms. The van der Waals surface area contributed by atoms with Gasteiger partial charge in [-0.3, -0.25) is 0 Å². The zero-order valence-electron chi connectivity index (χ0n) is 14.8. The van der Waals surface area contributed by atoms with Gasteiger partial charge in [-0.05, 0) is 18.9 Å². The number of carbonyl (C=O) groups is 1. The van der Waals surface area contributed by atoms with E-state index < -0.39 is 16.0 Å². The first-order chi connectivity index (χ1) is 13.0. The highest BCUT2D eigenvalue weighted by molar-refractivity contribution is 7.91. The first-order valence-corrected chi connectivity index (χ1v) is 10.9. The van der Waals surface area contributed by atoms with E-state index >= 15 is 0 Å². The van der Waals surface area contributed by atoms with Crippen LogP contribution in [0, 0.1) is 0 Å². The molecule has 1 unspecified atom stereocenters. The molecule has 3 heterocycles. The van der Waals surface area contributed by atoms with Gasteiger partial charge in [0.05, 0.1) is 29.5 Å². The molecule has 3 atom stereocenters. The van der Waals surface area contributed by atoms with Crippen LogP contribution in [0.5, 0.6) is 0 Å². The zero-order chi connectivity index (χ0) is 18.6. The van der Waals surface area contributed by atoms with Crippen molar-refractivity contribution in [3.05, 3.63) is 36.0 Å². The predicted molar refractivity (Wildman–Crippen MR) is 99.2 cm³/mol. The maximum Gasteiger partial charge on any atom is 0.340 e. The van der Waals surface area contributed by atoms with Gasteiger partial charge in [0.2, 0.25) is 10.0 Å². The van der Waals surface area contributed by atoms with Crippen molar-refractivity contribution in [2.24, 2.45) is 0 Å². The highest BCUT2D eigenvalue weighted by atomic mass is 32.2. The minimum absolute atomic E-state index is 0.181. The van der Waals surface area contributed by atoms with Crippen molar-refractivity contribution in [3.63, 3.8) is 0 Å². The lowest BCUT2D eigenvalue weighted by molar-refractivity contribution is -0.0339. The number of aromatic nitrogens is 1.